The van der Waals surface area contributed by atoms with Crippen molar-refractivity contribution >= 4 is 23.5 Å². The third-order valence-corrected chi connectivity index (χ3v) is 4.91. The molecule has 2 aliphatic heterocycles. The Labute approximate surface area is 153 Å². The number of halogens is 2. The monoisotopic (exact) mass is 371 g/mol. The quantitative estimate of drug-likeness (QED) is 0.665. The van der Waals surface area contributed by atoms with Gasteiger partial charge in [0.1, 0.15) is 0 Å². The van der Waals surface area contributed by atoms with Crippen LogP contribution in [0.2, 0.25) is 0 Å². The van der Waals surface area contributed by atoms with Gasteiger partial charge in [-0.1, -0.05) is 24.3 Å². The third kappa shape index (κ3) is 2.26. The number of nitrogens with zero attached hydrogens (tertiary/aromatic N) is 2. The van der Waals surface area contributed by atoms with Crippen molar-refractivity contribution in [2.24, 2.45) is 0 Å². The molecule has 2 aliphatic rings. The van der Waals surface area contributed by atoms with Crippen LogP contribution >= 0.6 is 0 Å². The molecule has 1 atom stereocenters. The van der Waals surface area contributed by atoms with Gasteiger partial charge in [-0.05, 0) is 30.7 Å². The number of hydrogen-bond acceptors (Lipinski definition) is 3. The summed E-state index contributed by atoms with van der Waals surface area (Å²) >= 11 is 0. The van der Waals surface area contributed by atoms with Crippen molar-refractivity contribution in [1.82, 2.24) is 10.2 Å². The smallest absolute Gasteiger partial charge is 0.311 e. The molecule has 0 aliphatic carbocycles. The molecule has 0 aromatic heterocycles. The van der Waals surface area contributed by atoms with Gasteiger partial charge in [-0.2, -0.15) is 0 Å². The van der Waals surface area contributed by atoms with Crippen LogP contribution in [0.4, 0.5) is 19.3 Å². The number of carbonyl (C=O) groups is 3. The molecular formula is C19H15F2N3O3. The van der Waals surface area contributed by atoms with Crippen LogP contribution in [0.1, 0.15) is 18.1 Å². The topological polar surface area (TPSA) is 69.7 Å². The van der Waals surface area contributed by atoms with E-state index in [0.29, 0.717) is 16.8 Å². The SMILES string of the molecule is CCN1C(=O)NC2(C1=O)C(=O)N(Cc1ccc(F)c(F)c1)c1ccccc12. The Balaban J connectivity index is 1.80. The molecule has 1 saturated heterocycles. The molecule has 2 aromatic carbocycles. The van der Waals surface area contributed by atoms with Crippen molar-refractivity contribution < 1.29 is 23.2 Å². The van der Waals surface area contributed by atoms with E-state index in [0.717, 1.165) is 17.0 Å². The minimum atomic E-state index is -1.82. The number of likely N-dealkylation sites (N-methyl/N-ethyl adjacent to an activating group) is 1. The zero-order valence-corrected chi connectivity index (χ0v) is 14.3. The van der Waals surface area contributed by atoms with Gasteiger partial charge >= 0.3 is 6.03 Å². The van der Waals surface area contributed by atoms with Gasteiger partial charge in [0.2, 0.25) is 5.54 Å². The van der Waals surface area contributed by atoms with Crippen molar-refractivity contribution in [3.05, 3.63) is 65.2 Å². The van der Waals surface area contributed by atoms with Crippen LogP contribution in [-0.4, -0.2) is 29.3 Å². The lowest BCUT2D eigenvalue weighted by molar-refractivity contribution is -0.138. The zero-order valence-electron chi connectivity index (χ0n) is 14.3. The number of rotatable bonds is 3. The van der Waals surface area contributed by atoms with Crippen molar-refractivity contribution in [2.75, 3.05) is 11.4 Å². The third-order valence-electron chi connectivity index (χ3n) is 4.91. The molecule has 4 amide bonds. The molecular weight excluding hydrogens is 356 g/mol. The number of imide groups is 1. The van der Waals surface area contributed by atoms with Crippen LogP contribution in [0, 0.1) is 11.6 Å². The van der Waals surface area contributed by atoms with E-state index in [-0.39, 0.29) is 13.1 Å². The fourth-order valence-electron chi connectivity index (χ4n) is 3.62. The normalized spacial score (nSPS) is 21.2. The maximum atomic E-state index is 13.6. The van der Waals surface area contributed by atoms with E-state index in [1.54, 1.807) is 31.2 Å². The Bertz CT molecular complexity index is 994. The van der Waals surface area contributed by atoms with Crippen molar-refractivity contribution in [1.29, 1.82) is 0 Å². The maximum absolute atomic E-state index is 13.6. The number of hydrogen-bond donors (Lipinski definition) is 1. The van der Waals surface area contributed by atoms with Crippen molar-refractivity contribution in [3.8, 4) is 0 Å². The molecule has 1 N–H and O–H groups in total. The summed E-state index contributed by atoms with van der Waals surface area (Å²) in [5, 5.41) is 2.53. The number of benzene rings is 2. The average Bonchev–Trinajstić information content (AvgIpc) is 3.05. The number of amides is 4. The predicted molar refractivity (Wildman–Crippen MR) is 91.6 cm³/mol. The van der Waals surface area contributed by atoms with Gasteiger partial charge < -0.3 is 10.2 Å². The summed E-state index contributed by atoms with van der Waals surface area (Å²) in [6, 6.07) is 9.34. The summed E-state index contributed by atoms with van der Waals surface area (Å²) in [4.78, 5) is 40.7. The van der Waals surface area contributed by atoms with Crippen LogP contribution in [0.15, 0.2) is 42.5 Å². The number of fused-ring (bicyclic) bond motifs is 2. The minimum Gasteiger partial charge on any atom is -0.311 e. The lowest BCUT2D eigenvalue weighted by atomic mass is 9.91. The zero-order chi connectivity index (χ0) is 19.3. The lowest BCUT2D eigenvalue weighted by Crippen LogP contribution is -2.52. The van der Waals surface area contributed by atoms with Crippen LogP contribution in [-0.2, 0) is 21.7 Å². The second-order valence-corrected chi connectivity index (χ2v) is 6.39. The van der Waals surface area contributed by atoms with E-state index in [9.17, 15) is 23.2 Å². The highest BCUT2D eigenvalue weighted by molar-refractivity contribution is 6.27. The Morgan fingerprint density at radius 1 is 0.963 bits per heavy atom. The lowest BCUT2D eigenvalue weighted by Gasteiger charge is -2.22. The Kier molecular flexibility index (Phi) is 3.73. The fraction of sp³-hybridized carbons (Fsp3) is 0.211. The summed E-state index contributed by atoms with van der Waals surface area (Å²) in [5.41, 5.74) is -0.647. The molecule has 0 saturated carbocycles. The molecule has 1 fully saturated rings. The molecule has 1 unspecified atom stereocenters. The number of anilines is 1. The summed E-state index contributed by atoms with van der Waals surface area (Å²) < 4.78 is 26.7. The average molecular weight is 371 g/mol. The van der Waals surface area contributed by atoms with E-state index in [1.165, 1.54) is 11.0 Å². The summed E-state index contributed by atoms with van der Waals surface area (Å²) in [6.07, 6.45) is 0. The number of nitrogens with one attached hydrogen (secondary N) is 1. The van der Waals surface area contributed by atoms with Gasteiger partial charge in [0.15, 0.2) is 11.6 Å². The standard InChI is InChI=1S/C19H15F2N3O3/c1-2-23-16(25)19(22-18(23)27)12-5-3-4-6-15(12)24(17(19)26)10-11-7-8-13(20)14(21)9-11/h3-9H,2,10H2,1H3,(H,22,27). The van der Waals surface area contributed by atoms with Crippen LogP contribution in [0.3, 0.4) is 0 Å². The number of para-hydroxylation sites is 1. The summed E-state index contributed by atoms with van der Waals surface area (Å²) in [5.74, 6) is -3.27. The summed E-state index contributed by atoms with van der Waals surface area (Å²) in [7, 11) is 0. The molecule has 6 nitrogen and oxygen atoms in total. The molecule has 138 valence electrons. The van der Waals surface area contributed by atoms with Gasteiger partial charge in [-0.15, -0.1) is 0 Å². The van der Waals surface area contributed by atoms with E-state index in [1.807, 2.05) is 0 Å². The highest BCUT2D eigenvalue weighted by Gasteiger charge is 2.63. The van der Waals surface area contributed by atoms with E-state index in [4.69, 9.17) is 0 Å². The highest BCUT2D eigenvalue weighted by atomic mass is 19.2. The van der Waals surface area contributed by atoms with Crippen molar-refractivity contribution in [2.45, 2.75) is 19.0 Å². The Hall–Kier alpha value is -3.29. The van der Waals surface area contributed by atoms with Gasteiger partial charge in [0.05, 0.1) is 12.2 Å². The van der Waals surface area contributed by atoms with E-state index >= 15 is 0 Å². The van der Waals surface area contributed by atoms with Gasteiger partial charge in [0, 0.05) is 12.1 Å². The summed E-state index contributed by atoms with van der Waals surface area (Å²) in [6.45, 7) is 1.70. The van der Waals surface area contributed by atoms with Crippen LogP contribution < -0.4 is 10.2 Å². The first-order valence-corrected chi connectivity index (χ1v) is 8.39. The second-order valence-electron chi connectivity index (χ2n) is 6.39. The predicted octanol–water partition coefficient (Wildman–Crippen LogP) is 2.28. The molecule has 0 radical (unpaired) electrons. The first-order chi connectivity index (χ1) is 12.9. The number of carbonyl (C=O) groups excluding carboxylic acids is 3. The molecule has 2 aromatic rings. The molecule has 4 rings (SSSR count). The number of urea groups is 1. The fourth-order valence-corrected chi connectivity index (χ4v) is 3.62. The molecule has 0 bridgehead atoms. The van der Waals surface area contributed by atoms with Crippen molar-refractivity contribution in [3.63, 3.8) is 0 Å². The van der Waals surface area contributed by atoms with Gasteiger partial charge in [-0.25, -0.2) is 13.6 Å². The maximum Gasteiger partial charge on any atom is 0.325 e. The molecule has 2 heterocycles. The van der Waals surface area contributed by atoms with Crippen LogP contribution in [0.25, 0.3) is 0 Å². The van der Waals surface area contributed by atoms with E-state index in [2.05, 4.69) is 5.32 Å². The molecule has 27 heavy (non-hydrogen) atoms. The molecule has 1 spiro atoms. The van der Waals surface area contributed by atoms with Gasteiger partial charge in [0.25, 0.3) is 11.8 Å². The Morgan fingerprint density at radius 3 is 2.33 bits per heavy atom. The Morgan fingerprint density at radius 2 is 1.67 bits per heavy atom. The first kappa shape index (κ1) is 17.1. The van der Waals surface area contributed by atoms with Gasteiger partial charge in [-0.3, -0.25) is 14.5 Å². The second kappa shape index (κ2) is 5.87. The minimum absolute atomic E-state index is 0.0654. The van der Waals surface area contributed by atoms with Crippen LogP contribution in [0.5, 0.6) is 0 Å². The largest absolute Gasteiger partial charge is 0.325 e. The molecule has 8 heteroatoms. The first-order valence-electron chi connectivity index (χ1n) is 8.39. The highest BCUT2D eigenvalue weighted by Crippen LogP contribution is 2.44. The van der Waals surface area contributed by atoms with E-state index < -0.39 is 35.0 Å².